The standard InChI is InChI=1S/C8H5F4NO3/c9-4-1-2-5(13(15)16)7(10)6(4)8(11,12)3-14/h1-2,14H,3H2. The van der Waals surface area contributed by atoms with Crippen molar-refractivity contribution in [1.29, 1.82) is 0 Å². The fourth-order valence-electron chi connectivity index (χ4n) is 1.10. The summed E-state index contributed by atoms with van der Waals surface area (Å²) in [4.78, 5) is 8.98. The highest BCUT2D eigenvalue weighted by Crippen LogP contribution is 2.35. The molecule has 88 valence electrons. The molecule has 0 saturated heterocycles. The van der Waals surface area contributed by atoms with Gasteiger partial charge in [-0.25, -0.2) is 4.39 Å². The second kappa shape index (κ2) is 4.05. The number of alkyl halides is 2. The summed E-state index contributed by atoms with van der Waals surface area (Å²) in [6, 6.07) is 0.780. The summed E-state index contributed by atoms with van der Waals surface area (Å²) in [5.74, 6) is -7.84. The lowest BCUT2D eigenvalue weighted by atomic mass is 10.1. The number of nitro benzene ring substituents is 1. The Morgan fingerprint density at radius 2 is 1.94 bits per heavy atom. The third kappa shape index (κ3) is 1.96. The molecule has 0 unspecified atom stereocenters. The molecule has 0 aliphatic rings. The lowest BCUT2D eigenvalue weighted by molar-refractivity contribution is -0.387. The van der Waals surface area contributed by atoms with Crippen molar-refractivity contribution in [2.24, 2.45) is 0 Å². The van der Waals surface area contributed by atoms with E-state index < -0.39 is 40.3 Å². The lowest BCUT2D eigenvalue weighted by Gasteiger charge is -2.14. The second-order valence-corrected chi connectivity index (χ2v) is 2.88. The summed E-state index contributed by atoms with van der Waals surface area (Å²) in [6.45, 7) is -1.85. The van der Waals surface area contributed by atoms with Gasteiger partial charge in [0.15, 0.2) is 0 Å². The van der Waals surface area contributed by atoms with Crippen molar-refractivity contribution in [1.82, 2.24) is 0 Å². The van der Waals surface area contributed by atoms with Crippen LogP contribution in [-0.2, 0) is 5.92 Å². The quantitative estimate of drug-likeness (QED) is 0.498. The number of hydrogen-bond donors (Lipinski definition) is 1. The van der Waals surface area contributed by atoms with E-state index in [4.69, 9.17) is 5.11 Å². The summed E-state index contributed by atoms with van der Waals surface area (Å²) in [6.07, 6.45) is 0. The lowest BCUT2D eigenvalue weighted by Crippen LogP contribution is -2.22. The van der Waals surface area contributed by atoms with Crippen molar-refractivity contribution in [2.45, 2.75) is 5.92 Å². The van der Waals surface area contributed by atoms with Gasteiger partial charge >= 0.3 is 11.6 Å². The van der Waals surface area contributed by atoms with Crippen LogP contribution >= 0.6 is 0 Å². The van der Waals surface area contributed by atoms with Gasteiger partial charge < -0.3 is 5.11 Å². The molecule has 0 aliphatic carbocycles. The molecule has 0 radical (unpaired) electrons. The van der Waals surface area contributed by atoms with Gasteiger partial charge in [0.05, 0.1) is 4.92 Å². The van der Waals surface area contributed by atoms with Crippen LogP contribution in [0, 0.1) is 21.7 Å². The highest BCUT2D eigenvalue weighted by molar-refractivity contribution is 5.39. The van der Waals surface area contributed by atoms with Crippen LogP contribution in [-0.4, -0.2) is 16.6 Å². The number of hydrogen-bond acceptors (Lipinski definition) is 3. The van der Waals surface area contributed by atoms with Crippen molar-refractivity contribution in [3.8, 4) is 0 Å². The first-order valence-electron chi connectivity index (χ1n) is 3.93. The van der Waals surface area contributed by atoms with Gasteiger partial charge in [-0.2, -0.15) is 13.2 Å². The molecule has 0 bridgehead atoms. The highest BCUT2D eigenvalue weighted by Gasteiger charge is 2.40. The van der Waals surface area contributed by atoms with E-state index in [0.29, 0.717) is 12.1 Å². The summed E-state index contributed by atoms with van der Waals surface area (Å²) >= 11 is 0. The van der Waals surface area contributed by atoms with E-state index in [1.807, 2.05) is 0 Å². The van der Waals surface area contributed by atoms with Gasteiger partial charge in [0.25, 0.3) is 0 Å². The van der Waals surface area contributed by atoms with Gasteiger partial charge in [-0.1, -0.05) is 0 Å². The van der Waals surface area contributed by atoms with Gasteiger partial charge in [-0.3, -0.25) is 10.1 Å². The van der Waals surface area contributed by atoms with Gasteiger partial charge in [-0.15, -0.1) is 0 Å². The zero-order valence-electron chi connectivity index (χ0n) is 7.58. The number of nitro groups is 1. The molecule has 0 amide bonds. The largest absolute Gasteiger partial charge is 0.390 e. The van der Waals surface area contributed by atoms with Gasteiger partial charge in [-0.05, 0) is 6.07 Å². The Morgan fingerprint density at radius 3 is 2.38 bits per heavy atom. The molecule has 16 heavy (non-hydrogen) atoms. The smallest absolute Gasteiger partial charge is 0.305 e. The van der Waals surface area contributed by atoms with Gasteiger partial charge in [0, 0.05) is 6.07 Å². The zero-order valence-corrected chi connectivity index (χ0v) is 7.58. The minimum Gasteiger partial charge on any atom is -0.390 e. The third-order valence-electron chi connectivity index (χ3n) is 1.83. The molecule has 0 spiro atoms. The molecular weight excluding hydrogens is 234 g/mol. The Morgan fingerprint density at radius 1 is 1.38 bits per heavy atom. The maximum atomic E-state index is 13.2. The van der Waals surface area contributed by atoms with Crippen LogP contribution in [0.4, 0.5) is 23.2 Å². The molecule has 8 heteroatoms. The molecule has 0 fully saturated rings. The van der Waals surface area contributed by atoms with Gasteiger partial charge in [0.2, 0.25) is 5.82 Å². The average molecular weight is 239 g/mol. The van der Waals surface area contributed by atoms with E-state index in [0.717, 1.165) is 0 Å². The molecule has 1 aromatic rings. The fraction of sp³-hybridized carbons (Fsp3) is 0.250. The number of rotatable bonds is 3. The van der Waals surface area contributed by atoms with Crippen molar-refractivity contribution in [2.75, 3.05) is 6.61 Å². The second-order valence-electron chi connectivity index (χ2n) is 2.88. The van der Waals surface area contributed by atoms with Crippen molar-refractivity contribution < 1.29 is 27.6 Å². The average Bonchev–Trinajstić information content (AvgIpc) is 2.16. The van der Waals surface area contributed by atoms with Crippen LogP contribution in [0.5, 0.6) is 0 Å². The van der Waals surface area contributed by atoms with E-state index in [9.17, 15) is 27.7 Å². The van der Waals surface area contributed by atoms with E-state index >= 15 is 0 Å². The monoisotopic (exact) mass is 239 g/mol. The topological polar surface area (TPSA) is 63.4 Å². The molecule has 0 aliphatic heterocycles. The SMILES string of the molecule is O=[N+]([O-])c1ccc(F)c(C(F)(F)CO)c1F. The number of nitrogens with zero attached hydrogens (tertiary/aromatic N) is 1. The summed E-state index contributed by atoms with van der Waals surface area (Å²) < 4.78 is 51.9. The minimum absolute atomic E-state index is 0.347. The van der Waals surface area contributed by atoms with E-state index in [2.05, 4.69) is 0 Å². The van der Waals surface area contributed by atoms with Gasteiger partial charge in [0.1, 0.15) is 18.0 Å². The maximum Gasteiger partial charge on any atom is 0.305 e. The van der Waals surface area contributed by atoms with Crippen LogP contribution in [0.2, 0.25) is 0 Å². The Hall–Kier alpha value is -1.70. The van der Waals surface area contributed by atoms with E-state index in [1.165, 1.54) is 0 Å². The fourth-order valence-corrected chi connectivity index (χ4v) is 1.10. The van der Waals surface area contributed by atoms with Crippen LogP contribution in [0.25, 0.3) is 0 Å². The van der Waals surface area contributed by atoms with E-state index in [1.54, 1.807) is 0 Å². The molecule has 1 aromatic carbocycles. The van der Waals surface area contributed by atoms with Crippen LogP contribution in [0.3, 0.4) is 0 Å². The zero-order chi connectivity index (χ0) is 12.5. The molecule has 0 aromatic heterocycles. The Bertz CT molecular complexity index is 436. The summed E-state index contributed by atoms with van der Waals surface area (Å²) in [5.41, 5.74) is -3.08. The highest BCUT2D eigenvalue weighted by atomic mass is 19.3. The predicted molar refractivity (Wildman–Crippen MR) is 44.0 cm³/mol. The van der Waals surface area contributed by atoms with Crippen molar-refractivity contribution in [3.05, 3.63) is 39.4 Å². The normalized spacial score (nSPS) is 11.6. The molecule has 0 atom stereocenters. The maximum absolute atomic E-state index is 13.2. The predicted octanol–water partition coefficient (Wildman–Crippen LogP) is 1.96. The Balaban J connectivity index is 3.49. The minimum atomic E-state index is -4.21. The number of aliphatic hydroxyl groups is 1. The summed E-state index contributed by atoms with van der Waals surface area (Å²) in [7, 11) is 0. The molecule has 1 N–H and O–H groups in total. The number of aliphatic hydroxyl groups excluding tert-OH is 1. The third-order valence-corrected chi connectivity index (χ3v) is 1.83. The Kier molecular flexibility index (Phi) is 3.13. The van der Waals surface area contributed by atoms with Crippen LogP contribution in [0.15, 0.2) is 12.1 Å². The number of halogens is 4. The summed E-state index contributed by atoms with van der Waals surface area (Å²) in [5, 5.41) is 18.5. The first kappa shape index (κ1) is 12.4. The molecule has 1 rings (SSSR count). The van der Waals surface area contributed by atoms with Crippen molar-refractivity contribution >= 4 is 5.69 Å². The van der Waals surface area contributed by atoms with Crippen molar-refractivity contribution in [3.63, 3.8) is 0 Å². The first-order valence-corrected chi connectivity index (χ1v) is 3.93. The van der Waals surface area contributed by atoms with Crippen LogP contribution in [0.1, 0.15) is 5.56 Å². The molecule has 0 heterocycles. The first-order chi connectivity index (χ1) is 7.31. The molecule has 0 saturated carbocycles. The number of benzene rings is 1. The Labute approximate surface area is 86.3 Å². The van der Waals surface area contributed by atoms with E-state index in [-0.39, 0.29) is 0 Å². The molecular formula is C8H5F4NO3. The molecule has 4 nitrogen and oxygen atoms in total. The van der Waals surface area contributed by atoms with Crippen LogP contribution < -0.4 is 0 Å².